The fourth-order valence-electron chi connectivity index (χ4n) is 3.34. The number of hydrogen-bond donors (Lipinski definition) is 3. The van der Waals surface area contributed by atoms with E-state index in [-0.39, 0.29) is 29.8 Å². The highest BCUT2D eigenvalue weighted by Gasteiger charge is 2.20. The Labute approximate surface area is 207 Å². The van der Waals surface area contributed by atoms with Crippen molar-refractivity contribution < 1.29 is 18.7 Å². The monoisotopic (exact) mass is 487 g/mol. The molecule has 0 bridgehead atoms. The lowest BCUT2D eigenvalue weighted by Gasteiger charge is -2.15. The van der Waals surface area contributed by atoms with Crippen LogP contribution in [0.3, 0.4) is 0 Å². The molecule has 0 amide bonds. The maximum atomic E-state index is 12.6. The standard InChI is InChI=1S/C25H25N7O4/c1-4-35-24(33)16-14-28-25(31-20(26)12-13-27-2)32-22(16)29-18-10-7-8-15(21(18)34-3)23-30-17-9-5-6-11-19(17)36-23/h5-14,27H,4H2,1-3H3,(H3,26,28,29,31,32)/b13-12-. The van der Waals surface area contributed by atoms with Crippen LogP contribution < -0.4 is 21.1 Å². The zero-order valence-electron chi connectivity index (χ0n) is 20.0. The second-order valence-corrected chi connectivity index (χ2v) is 7.31. The Morgan fingerprint density at radius 1 is 1.19 bits per heavy atom. The first-order valence-corrected chi connectivity index (χ1v) is 11.1. The number of anilines is 2. The van der Waals surface area contributed by atoms with E-state index >= 15 is 0 Å². The molecule has 36 heavy (non-hydrogen) atoms. The summed E-state index contributed by atoms with van der Waals surface area (Å²) >= 11 is 0. The summed E-state index contributed by atoms with van der Waals surface area (Å²) in [5.74, 6) is 0.638. The second kappa shape index (κ2) is 11.0. The smallest absolute Gasteiger partial charge is 0.343 e. The summed E-state index contributed by atoms with van der Waals surface area (Å²) in [6.45, 7) is 1.91. The molecule has 0 atom stereocenters. The number of methoxy groups -OCH3 is 1. The number of ether oxygens (including phenoxy) is 2. The van der Waals surface area contributed by atoms with Crippen molar-refractivity contribution in [2.24, 2.45) is 10.7 Å². The molecular weight excluding hydrogens is 462 g/mol. The molecule has 4 aromatic rings. The minimum absolute atomic E-state index is 0.0536. The van der Waals surface area contributed by atoms with Crippen molar-refractivity contribution in [2.45, 2.75) is 6.92 Å². The molecule has 0 aliphatic heterocycles. The number of nitrogens with two attached hydrogens (primary N) is 1. The number of oxazole rings is 1. The number of hydrogen-bond acceptors (Lipinski definition) is 10. The van der Waals surface area contributed by atoms with Crippen molar-refractivity contribution in [3.8, 4) is 17.2 Å². The van der Waals surface area contributed by atoms with E-state index in [1.807, 2.05) is 30.3 Å². The molecule has 0 radical (unpaired) electrons. The van der Waals surface area contributed by atoms with E-state index in [1.165, 1.54) is 13.3 Å². The van der Waals surface area contributed by atoms with Crippen molar-refractivity contribution in [3.05, 3.63) is 66.5 Å². The molecule has 0 aliphatic rings. The molecule has 11 nitrogen and oxygen atoms in total. The molecule has 0 spiro atoms. The number of amidine groups is 1. The third-order valence-electron chi connectivity index (χ3n) is 4.92. The Kier molecular flexibility index (Phi) is 7.39. The number of nitrogens with one attached hydrogen (secondary N) is 2. The van der Waals surface area contributed by atoms with E-state index < -0.39 is 5.97 Å². The first kappa shape index (κ1) is 24.2. The van der Waals surface area contributed by atoms with Gasteiger partial charge in [-0.15, -0.1) is 0 Å². The fraction of sp³-hybridized carbons (Fsp3) is 0.160. The van der Waals surface area contributed by atoms with Crippen LogP contribution in [0.4, 0.5) is 17.5 Å². The van der Waals surface area contributed by atoms with Gasteiger partial charge in [-0.1, -0.05) is 18.2 Å². The van der Waals surface area contributed by atoms with Gasteiger partial charge >= 0.3 is 5.97 Å². The summed E-state index contributed by atoms with van der Waals surface area (Å²) < 4.78 is 16.8. The van der Waals surface area contributed by atoms with Gasteiger partial charge < -0.3 is 30.3 Å². The van der Waals surface area contributed by atoms with Gasteiger partial charge in [0.25, 0.3) is 5.95 Å². The third kappa shape index (κ3) is 5.25. The summed E-state index contributed by atoms with van der Waals surface area (Å²) in [6.07, 6.45) is 4.51. The Bertz CT molecular complexity index is 1410. The van der Waals surface area contributed by atoms with Crippen LogP contribution in [-0.4, -0.2) is 47.5 Å². The lowest BCUT2D eigenvalue weighted by molar-refractivity contribution is 0.0526. The molecule has 0 aliphatic carbocycles. The maximum absolute atomic E-state index is 12.6. The molecule has 2 aromatic heterocycles. The van der Waals surface area contributed by atoms with Gasteiger partial charge in [0.1, 0.15) is 16.9 Å². The number of nitrogens with zero attached hydrogens (tertiary/aromatic N) is 4. The molecule has 0 unspecified atom stereocenters. The van der Waals surface area contributed by atoms with E-state index in [9.17, 15) is 4.79 Å². The van der Waals surface area contributed by atoms with Crippen LogP contribution in [0.15, 0.2) is 70.3 Å². The molecule has 0 fully saturated rings. The van der Waals surface area contributed by atoms with Gasteiger partial charge in [0.05, 0.1) is 25.0 Å². The first-order valence-electron chi connectivity index (χ1n) is 11.1. The lowest BCUT2D eigenvalue weighted by atomic mass is 10.1. The van der Waals surface area contributed by atoms with Crippen molar-refractivity contribution >= 4 is 40.4 Å². The summed E-state index contributed by atoms with van der Waals surface area (Å²) in [7, 11) is 3.27. The molecular formula is C25H25N7O4. The molecule has 0 saturated carbocycles. The Balaban J connectivity index is 1.77. The van der Waals surface area contributed by atoms with Crippen LogP contribution in [0.2, 0.25) is 0 Å². The van der Waals surface area contributed by atoms with Crippen LogP contribution >= 0.6 is 0 Å². The zero-order chi connectivity index (χ0) is 25.5. The second-order valence-electron chi connectivity index (χ2n) is 7.31. The Morgan fingerprint density at radius 2 is 2.03 bits per heavy atom. The number of aromatic nitrogens is 3. The fourth-order valence-corrected chi connectivity index (χ4v) is 3.34. The van der Waals surface area contributed by atoms with Crippen LogP contribution in [0, 0.1) is 0 Å². The van der Waals surface area contributed by atoms with Gasteiger partial charge in [-0.25, -0.2) is 14.8 Å². The normalized spacial score (nSPS) is 11.6. The molecule has 2 aromatic carbocycles. The number of fused-ring (bicyclic) bond motifs is 1. The molecule has 0 saturated heterocycles. The van der Waals surface area contributed by atoms with Crippen molar-refractivity contribution in [3.63, 3.8) is 0 Å². The molecule has 184 valence electrons. The molecule has 11 heteroatoms. The SMILES string of the molecule is CCOC(=O)c1cnc(N=C(N)/C=C\NC)nc1Nc1cccc(-c2nc3ccccc3o2)c1OC. The van der Waals surface area contributed by atoms with Gasteiger partial charge in [0.2, 0.25) is 5.89 Å². The molecule has 2 heterocycles. The quantitative estimate of drug-likeness (QED) is 0.180. The largest absolute Gasteiger partial charge is 0.494 e. The topological polar surface area (TPSA) is 150 Å². The number of para-hydroxylation sites is 3. The Morgan fingerprint density at radius 3 is 2.78 bits per heavy atom. The highest BCUT2D eigenvalue weighted by Crippen LogP contribution is 2.38. The molecule has 4 rings (SSSR count). The maximum Gasteiger partial charge on any atom is 0.343 e. The highest BCUT2D eigenvalue weighted by atomic mass is 16.5. The predicted molar refractivity (Wildman–Crippen MR) is 137 cm³/mol. The van der Waals surface area contributed by atoms with Crippen LogP contribution in [0.1, 0.15) is 17.3 Å². The average molecular weight is 488 g/mol. The van der Waals surface area contributed by atoms with E-state index in [4.69, 9.17) is 19.6 Å². The summed E-state index contributed by atoms with van der Waals surface area (Å²) in [6, 6.07) is 12.9. The van der Waals surface area contributed by atoms with Gasteiger partial charge in [-0.2, -0.15) is 9.98 Å². The van der Waals surface area contributed by atoms with Gasteiger partial charge in [0, 0.05) is 13.2 Å². The van der Waals surface area contributed by atoms with Gasteiger partial charge in [0.15, 0.2) is 17.2 Å². The number of rotatable bonds is 9. The van der Waals surface area contributed by atoms with Gasteiger partial charge in [-0.05, 0) is 43.5 Å². The number of carbonyl (C=O) groups excluding carboxylic acids is 1. The van der Waals surface area contributed by atoms with E-state index in [1.54, 1.807) is 38.4 Å². The minimum atomic E-state index is -0.590. The molecule has 4 N–H and O–H groups in total. The van der Waals surface area contributed by atoms with Crippen molar-refractivity contribution in [1.82, 2.24) is 20.3 Å². The van der Waals surface area contributed by atoms with E-state index in [0.717, 1.165) is 5.52 Å². The number of aliphatic imine (C=N–C) groups is 1. The van der Waals surface area contributed by atoms with Crippen molar-refractivity contribution in [2.75, 3.05) is 26.1 Å². The van der Waals surface area contributed by atoms with E-state index in [2.05, 4.69) is 30.6 Å². The highest BCUT2D eigenvalue weighted by molar-refractivity contribution is 5.96. The third-order valence-corrected chi connectivity index (χ3v) is 4.92. The summed E-state index contributed by atoms with van der Waals surface area (Å²) in [4.78, 5) is 29.9. The minimum Gasteiger partial charge on any atom is -0.494 e. The summed E-state index contributed by atoms with van der Waals surface area (Å²) in [5.41, 5.74) is 8.52. The van der Waals surface area contributed by atoms with E-state index in [0.29, 0.717) is 28.5 Å². The summed E-state index contributed by atoms with van der Waals surface area (Å²) in [5, 5.41) is 5.97. The average Bonchev–Trinajstić information content (AvgIpc) is 3.32. The number of benzene rings is 2. The van der Waals surface area contributed by atoms with Crippen molar-refractivity contribution in [1.29, 1.82) is 0 Å². The van der Waals surface area contributed by atoms with Gasteiger partial charge in [-0.3, -0.25) is 0 Å². The lowest BCUT2D eigenvalue weighted by Crippen LogP contribution is -2.12. The number of esters is 1. The number of carbonyl (C=O) groups is 1. The van der Waals surface area contributed by atoms with Crippen LogP contribution in [-0.2, 0) is 4.74 Å². The predicted octanol–water partition coefficient (Wildman–Crippen LogP) is 3.94. The first-order chi connectivity index (χ1) is 17.5. The Hall–Kier alpha value is -4.93. The van der Waals surface area contributed by atoms with Crippen LogP contribution in [0.25, 0.3) is 22.6 Å². The zero-order valence-corrected chi connectivity index (χ0v) is 20.0. The van der Waals surface area contributed by atoms with Crippen LogP contribution in [0.5, 0.6) is 5.75 Å².